The van der Waals surface area contributed by atoms with E-state index in [1.165, 1.54) is 4.70 Å². The van der Waals surface area contributed by atoms with Crippen LogP contribution in [0.5, 0.6) is 0 Å². The normalized spacial score (nSPS) is 16.7. The Morgan fingerprint density at radius 3 is 2.68 bits per heavy atom. The molecule has 2 aromatic heterocycles. The van der Waals surface area contributed by atoms with Gasteiger partial charge in [-0.05, 0) is 63.8 Å². The number of benzene rings is 2. The smallest absolute Gasteiger partial charge is 0.223 e. The summed E-state index contributed by atoms with van der Waals surface area (Å²) in [6, 6.07) is 16.9. The Balaban J connectivity index is 1.30. The number of para-hydroxylation sites is 3. The highest BCUT2D eigenvalue weighted by molar-refractivity contribution is 7.18. The molecule has 5 rings (SSSR count). The van der Waals surface area contributed by atoms with Crippen LogP contribution in [0.2, 0.25) is 0 Å². The van der Waals surface area contributed by atoms with Crippen molar-refractivity contribution in [1.82, 2.24) is 19.4 Å². The average Bonchev–Trinajstić information content (AvgIpc) is 3.48. The number of rotatable bonds is 6. The first kappa shape index (κ1) is 20.2. The number of carbonyl (C=O) groups is 1. The molecule has 3 heterocycles. The number of hydrogen-bond donors (Lipinski definition) is 0. The molecule has 1 saturated heterocycles. The Hall–Kier alpha value is -2.73. The molecule has 0 radical (unpaired) electrons. The fourth-order valence-corrected chi connectivity index (χ4v) is 5.74. The van der Waals surface area contributed by atoms with Gasteiger partial charge in [-0.1, -0.05) is 24.3 Å². The molecular weight excluding hydrogens is 404 g/mol. The molecule has 1 atom stereocenters. The van der Waals surface area contributed by atoms with E-state index in [1.54, 1.807) is 11.3 Å². The van der Waals surface area contributed by atoms with Crippen molar-refractivity contribution >= 4 is 38.5 Å². The van der Waals surface area contributed by atoms with E-state index in [-0.39, 0.29) is 11.9 Å². The number of fused-ring (bicyclic) bond motifs is 2. The van der Waals surface area contributed by atoms with Gasteiger partial charge in [0.25, 0.3) is 0 Å². The van der Waals surface area contributed by atoms with Crippen LogP contribution in [0.15, 0.2) is 48.5 Å². The minimum absolute atomic E-state index is 0.0738. The summed E-state index contributed by atoms with van der Waals surface area (Å²) < 4.78 is 3.53. The van der Waals surface area contributed by atoms with Crippen LogP contribution in [0, 0.1) is 0 Å². The monoisotopic (exact) mass is 432 g/mol. The van der Waals surface area contributed by atoms with Crippen molar-refractivity contribution in [1.29, 1.82) is 0 Å². The molecule has 0 aliphatic carbocycles. The Morgan fingerprint density at radius 2 is 1.87 bits per heavy atom. The summed E-state index contributed by atoms with van der Waals surface area (Å²) in [5.41, 5.74) is 3.23. The molecule has 0 saturated carbocycles. The molecule has 0 bridgehead atoms. The molecule has 5 nitrogen and oxygen atoms in total. The van der Waals surface area contributed by atoms with Crippen molar-refractivity contribution in [2.45, 2.75) is 58.0 Å². The van der Waals surface area contributed by atoms with Gasteiger partial charge >= 0.3 is 0 Å². The molecular formula is C25H28N4OS. The van der Waals surface area contributed by atoms with Crippen LogP contribution >= 0.6 is 11.3 Å². The van der Waals surface area contributed by atoms with Gasteiger partial charge in [-0.2, -0.15) is 0 Å². The van der Waals surface area contributed by atoms with Gasteiger partial charge in [0.15, 0.2) is 0 Å². The van der Waals surface area contributed by atoms with Gasteiger partial charge in [-0.25, -0.2) is 9.97 Å². The first-order valence-corrected chi connectivity index (χ1v) is 12.0. The number of likely N-dealkylation sites (tertiary alicyclic amines) is 1. The second kappa shape index (κ2) is 8.42. The zero-order valence-electron chi connectivity index (χ0n) is 18.1. The minimum atomic E-state index is 0.0738. The topological polar surface area (TPSA) is 51.0 Å². The van der Waals surface area contributed by atoms with Gasteiger partial charge in [0.1, 0.15) is 5.82 Å². The fourth-order valence-electron chi connectivity index (χ4n) is 4.74. The van der Waals surface area contributed by atoms with Crippen molar-refractivity contribution in [3.8, 4) is 0 Å². The Bertz CT molecular complexity index is 1190. The molecule has 0 unspecified atom stereocenters. The molecule has 4 aromatic rings. The van der Waals surface area contributed by atoms with E-state index in [9.17, 15) is 4.79 Å². The van der Waals surface area contributed by atoms with Gasteiger partial charge in [-0.3, -0.25) is 4.79 Å². The van der Waals surface area contributed by atoms with E-state index >= 15 is 0 Å². The van der Waals surface area contributed by atoms with Gasteiger partial charge in [0, 0.05) is 19.0 Å². The first-order valence-electron chi connectivity index (χ1n) is 11.2. The number of imidazole rings is 1. The first-order chi connectivity index (χ1) is 15.1. The summed E-state index contributed by atoms with van der Waals surface area (Å²) >= 11 is 1.74. The number of amides is 1. The summed E-state index contributed by atoms with van der Waals surface area (Å²) in [6.07, 6.45) is 4.28. The summed E-state index contributed by atoms with van der Waals surface area (Å²) in [4.78, 5) is 24.9. The van der Waals surface area contributed by atoms with Gasteiger partial charge in [0.2, 0.25) is 5.91 Å². The third-order valence-electron chi connectivity index (χ3n) is 6.13. The summed E-state index contributed by atoms with van der Waals surface area (Å²) in [7, 11) is 0. The second-order valence-electron chi connectivity index (χ2n) is 8.60. The molecule has 160 valence electrons. The van der Waals surface area contributed by atoms with Crippen molar-refractivity contribution in [2.75, 3.05) is 6.54 Å². The molecule has 6 heteroatoms. The second-order valence-corrected chi connectivity index (χ2v) is 9.71. The highest BCUT2D eigenvalue weighted by Crippen LogP contribution is 2.35. The fraction of sp³-hybridized carbons (Fsp3) is 0.400. The van der Waals surface area contributed by atoms with Crippen molar-refractivity contribution in [2.24, 2.45) is 0 Å². The number of carbonyl (C=O) groups excluding carboxylic acids is 1. The lowest BCUT2D eigenvalue weighted by Crippen LogP contribution is -2.32. The maximum Gasteiger partial charge on any atom is 0.223 e. The Morgan fingerprint density at radius 1 is 1.10 bits per heavy atom. The van der Waals surface area contributed by atoms with Crippen LogP contribution in [0.1, 0.15) is 62.4 Å². The van der Waals surface area contributed by atoms with Crippen molar-refractivity contribution in [3.63, 3.8) is 0 Å². The number of aromatic nitrogens is 3. The Kier molecular flexibility index (Phi) is 5.48. The van der Waals surface area contributed by atoms with Crippen LogP contribution in [0.4, 0.5) is 0 Å². The molecule has 2 aromatic carbocycles. The maximum absolute atomic E-state index is 13.2. The van der Waals surface area contributed by atoms with Crippen molar-refractivity contribution in [3.05, 3.63) is 59.4 Å². The largest absolute Gasteiger partial charge is 0.333 e. The SMILES string of the molecule is CC(C)n1c([C@@H]2CCCN2C(=O)CCCc2nc3ccccc3s2)nc2ccccc21. The summed E-state index contributed by atoms with van der Waals surface area (Å²) in [5, 5.41) is 1.12. The quantitative estimate of drug-likeness (QED) is 0.380. The van der Waals surface area contributed by atoms with Crippen LogP contribution in [-0.2, 0) is 11.2 Å². The number of aryl methyl sites for hydroxylation is 1. The number of thiazole rings is 1. The molecule has 1 aliphatic rings. The zero-order chi connectivity index (χ0) is 21.4. The molecule has 1 amide bonds. The molecule has 0 spiro atoms. The predicted molar refractivity (Wildman–Crippen MR) is 126 cm³/mol. The summed E-state index contributed by atoms with van der Waals surface area (Å²) in [5.74, 6) is 1.28. The van der Waals surface area contributed by atoms with E-state index < -0.39 is 0 Å². The lowest BCUT2D eigenvalue weighted by atomic mass is 10.1. The average molecular weight is 433 g/mol. The van der Waals surface area contributed by atoms with E-state index in [4.69, 9.17) is 9.97 Å². The third kappa shape index (κ3) is 3.85. The molecule has 0 N–H and O–H groups in total. The molecule has 1 fully saturated rings. The van der Waals surface area contributed by atoms with E-state index in [0.29, 0.717) is 12.5 Å². The molecule has 1 aliphatic heterocycles. The van der Waals surface area contributed by atoms with Crippen LogP contribution in [-0.4, -0.2) is 31.9 Å². The van der Waals surface area contributed by atoms with E-state index in [1.807, 2.05) is 18.2 Å². The van der Waals surface area contributed by atoms with Gasteiger partial charge in [-0.15, -0.1) is 11.3 Å². The van der Waals surface area contributed by atoms with E-state index in [2.05, 4.69) is 53.6 Å². The van der Waals surface area contributed by atoms with E-state index in [0.717, 1.165) is 59.6 Å². The van der Waals surface area contributed by atoms with Crippen LogP contribution < -0.4 is 0 Å². The zero-order valence-corrected chi connectivity index (χ0v) is 18.9. The number of hydrogen-bond acceptors (Lipinski definition) is 4. The van der Waals surface area contributed by atoms with Crippen LogP contribution in [0.3, 0.4) is 0 Å². The maximum atomic E-state index is 13.2. The van der Waals surface area contributed by atoms with Crippen LogP contribution in [0.25, 0.3) is 21.3 Å². The lowest BCUT2D eigenvalue weighted by molar-refractivity contribution is -0.132. The molecule has 31 heavy (non-hydrogen) atoms. The highest BCUT2D eigenvalue weighted by Gasteiger charge is 2.33. The minimum Gasteiger partial charge on any atom is -0.333 e. The highest BCUT2D eigenvalue weighted by atomic mass is 32.1. The number of nitrogens with zero attached hydrogens (tertiary/aromatic N) is 4. The van der Waals surface area contributed by atoms with Gasteiger partial charge < -0.3 is 9.47 Å². The third-order valence-corrected chi connectivity index (χ3v) is 7.23. The Labute approximate surface area is 186 Å². The standard InChI is InChI=1S/C25H28N4OS/c1-17(2)29-20-11-5-3-9-18(20)27-25(29)21-12-8-16-28(21)24(30)15-7-14-23-26-19-10-4-6-13-22(19)31-23/h3-6,9-11,13,17,21H,7-8,12,14-16H2,1-2H3/t21-/m0/s1. The summed E-state index contributed by atoms with van der Waals surface area (Å²) in [6.45, 7) is 5.21. The van der Waals surface area contributed by atoms with Gasteiger partial charge in [0.05, 0.1) is 32.3 Å². The predicted octanol–water partition coefficient (Wildman–Crippen LogP) is 5.91. The lowest BCUT2D eigenvalue weighted by Gasteiger charge is -2.26. The van der Waals surface area contributed by atoms with Crippen molar-refractivity contribution < 1.29 is 4.79 Å².